The summed E-state index contributed by atoms with van der Waals surface area (Å²) < 4.78 is 0. The van der Waals surface area contributed by atoms with E-state index in [9.17, 15) is 4.79 Å². The normalized spacial score (nSPS) is 16.6. The summed E-state index contributed by atoms with van der Waals surface area (Å²) in [6.07, 6.45) is 7.22. The molecule has 0 aliphatic carbocycles. The predicted molar refractivity (Wildman–Crippen MR) is 111 cm³/mol. The average Bonchev–Trinajstić information content (AvgIpc) is 2.61. The first-order valence-electron chi connectivity index (χ1n) is 8.98. The van der Waals surface area contributed by atoms with Crippen LogP contribution in [0.1, 0.15) is 44.9 Å². The maximum atomic E-state index is 12.4. The van der Waals surface area contributed by atoms with Crippen molar-refractivity contribution < 1.29 is 4.79 Å². The van der Waals surface area contributed by atoms with Gasteiger partial charge < -0.3 is 15.5 Å². The van der Waals surface area contributed by atoms with Crippen molar-refractivity contribution in [1.29, 1.82) is 0 Å². The molecule has 25 heavy (non-hydrogen) atoms. The molecule has 0 aromatic heterocycles. The molecular weight excluding hydrogens is 357 g/mol. The number of para-hydroxylation sites is 1. The number of rotatable bonds is 8. The summed E-state index contributed by atoms with van der Waals surface area (Å²) in [6, 6.07) is 10.8. The number of unbranched alkanes of at least 4 members (excludes halogenated alkanes) is 3. The van der Waals surface area contributed by atoms with Gasteiger partial charge in [0.15, 0.2) is 0 Å². The maximum Gasteiger partial charge on any atom is 0.222 e. The second-order valence-corrected chi connectivity index (χ2v) is 6.54. The molecule has 1 heterocycles. The van der Waals surface area contributed by atoms with Gasteiger partial charge in [-0.25, -0.2) is 0 Å². The molecule has 1 atom stereocenters. The number of carbonyl (C=O) groups excluding carboxylic acids is 1. The first-order valence-corrected chi connectivity index (χ1v) is 8.98. The topological polar surface area (TPSA) is 49.6 Å². The molecule has 2 N–H and O–H groups in total. The number of hydrogen-bond acceptors (Lipinski definition) is 3. The van der Waals surface area contributed by atoms with Crippen molar-refractivity contribution >= 4 is 36.4 Å². The first kappa shape index (κ1) is 24.0. The molecule has 0 radical (unpaired) electrons. The number of nitrogens with two attached hydrogens (primary N) is 1. The smallest absolute Gasteiger partial charge is 0.222 e. The van der Waals surface area contributed by atoms with Crippen LogP contribution in [0.2, 0.25) is 0 Å². The van der Waals surface area contributed by atoms with Gasteiger partial charge in [-0.2, -0.15) is 0 Å². The van der Waals surface area contributed by atoms with Crippen LogP contribution in [0.3, 0.4) is 0 Å². The highest BCUT2D eigenvalue weighted by atomic mass is 35.5. The van der Waals surface area contributed by atoms with Crippen molar-refractivity contribution in [3.63, 3.8) is 0 Å². The second kappa shape index (κ2) is 13.3. The summed E-state index contributed by atoms with van der Waals surface area (Å²) in [4.78, 5) is 16.8. The van der Waals surface area contributed by atoms with Crippen LogP contribution in [-0.4, -0.2) is 43.5 Å². The van der Waals surface area contributed by atoms with Crippen LogP contribution in [-0.2, 0) is 4.79 Å². The Morgan fingerprint density at radius 1 is 1.16 bits per heavy atom. The molecule has 1 saturated heterocycles. The van der Waals surface area contributed by atoms with Crippen LogP contribution < -0.4 is 10.6 Å². The lowest BCUT2D eigenvalue weighted by Gasteiger charge is -2.39. The van der Waals surface area contributed by atoms with E-state index in [1.165, 1.54) is 5.69 Å². The van der Waals surface area contributed by atoms with Crippen LogP contribution >= 0.6 is 24.8 Å². The highest BCUT2D eigenvalue weighted by molar-refractivity contribution is 5.85. The number of benzene rings is 1. The van der Waals surface area contributed by atoms with Gasteiger partial charge in [-0.1, -0.05) is 31.0 Å². The summed E-state index contributed by atoms with van der Waals surface area (Å²) >= 11 is 0. The molecule has 1 fully saturated rings. The van der Waals surface area contributed by atoms with Crippen molar-refractivity contribution in [2.24, 2.45) is 5.73 Å². The second-order valence-electron chi connectivity index (χ2n) is 6.54. The van der Waals surface area contributed by atoms with E-state index in [-0.39, 0.29) is 30.7 Å². The summed E-state index contributed by atoms with van der Waals surface area (Å²) in [7, 11) is 1.97. The zero-order valence-electron chi connectivity index (χ0n) is 15.2. The summed E-state index contributed by atoms with van der Waals surface area (Å²) in [5, 5.41) is 0. The van der Waals surface area contributed by atoms with E-state index in [4.69, 9.17) is 5.73 Å². The third-order valence-electron chi connectivity index (χ3n) is 4.80. The lowest BCUT2D eigenvalue weighted by Crippen LogP contribution is -2.48. The Hall–Kier alpha value is -0.970. The fraction of sp³-hybridized carbons (Fsp3) is 0.632. The minimum Gasteiger partial charge on any atom is -0.369 e. The molecule has 1 amide bonds. The van der Waals surface area contributed by atoms with Crippen molar-refractivity contribution in [2.45, 2.75) is 51.0 Å². The Morgan fingerprint density at radius 3 is 2.52 bits per heavy atom. The van der Waals surface area contributed by atoms with Gasteiger partial charge in [0.25, 0.3) is 0 Å². The van der Waals surface area contributed by atoms with E-state index >= 15 is 0 Å². The van der Waals surface area contributed by atoms with Crippen LogP contribution in [0.25, 0.3) is 0 Å². The molecule has 6 heteroatoms. The Kier molecular flexibility index (Phi) is 12.7. The fourth-order valence-corrected chi connectivity index (χ4v) is 3.30. The van der Waals surface area contributed by atoms with E-state index in [1.807, 2.05) is 18.0 Å². The third-order valence-corrected chi connectivity index (χ3v) is 4.80. The molecule has 1 aromatic carbocycles. The maximum absolute atomic E-state index is 12.4. The molecular formula is C19H33Cl2N3O. The van der Waals surface area contributed by atoms with Crippen molar-refractivity contribution in [2.75, 3.05) is 31.6 Å². The van der Waals surface area contributed by atoms with E-state index in [0.717, 1.165) is 58.2 Å². The van der Waals surface area contributed by atoms with E-state index in [0.29, 0.717) is 12.5 Å². The molecule has 1 aromatic rings. The summed E-state index contributed by atoms with van der Waals surface area (Å²) in [5.41, 5.74) is 6.76. The number of piperidine rings is 1. The van der Waals surface area contributed by atoms with Crippen LogP contribution in [0.15, 0.2) is 30.3 Å². The first-order chi connectivity index (χ1) is 11.2. The van der Waals surface area contributed by atoms with Crippen molar-refractivity contribution in [3.05, 3.63) is 30.3 Å². The zero-order chi connectivity index (χ0) is 16.5. The number of likely N-dealkylation sites (N-methyl/N-ethyl adjacent to an activating group) is 1. The van der Waals surface area contributed by atoms with Crippen molar-refractivity contribution in [3.8, 4) is 0 Å². The number of hydrogen-bond donors (Lipinski definition) is 1. The van der Waals surface area contributed by atoms with Crippen LogP contribution in [0, 0.1) is 0 Å². The molecule has 0 bridgehead atoms. The highest BCUT2D eigenvalue weighted by Gasteiger charge is 2.25. The van der Waals surface area contributed by atoms with Gasteiger partial charge in [0.2, 0.25) is 5.91 Å². The predicted octanol–water partition coefficient (Wildman–Crippen LogP) is 3.87. The van der Waals surface area contributed by atoms with Gasteiger partial charge in [0.05, 0.1) is 0 Å². The van der Waals surface area contributed by atoms with E-state index in [2.05, 4.69) is 29.2 Å². The van der Waals surface area contributed by atoms with Gasteiger partial charge >= 0.3 is 0 Å². The van der Waals surface area contributed by atoms with Crippen LogP contribution in [0.5, 0.6) is 0 Å². The quantitative estimate of drug-likeness (QED) is 0.686. The van der Waals surface area contributed by atoms with Gasteiger partial charge in [0.1, 0.15) is 0 Å². The number of carbonyl (C=O) groups is 1. The highest BCUT2D eigenvalue weighted by Crippen LogP contribution is 2.22. The van der Waals surface area contributed by atoms with Gasteiger partial charge in [-0.05, 0) is 44.4 Å². The van der Waals surface area contributed by atoms with Gasteiger partial charge in [-0.15, -0.1) is 24.8 Å². The SMILES string of the molecule is CN(C(=O)CCCCCCN)C1CCCN(c2ccccc2)C1.Cl.Cl. The van der Waals surface area contributed by atoms with Crippen molar-refractivity contribution in [1.82, 2.24) is 4.90 Å². The molecule has 1 unspecified atom stereocenters. The minimum absolute atomic E-state index is 0. The average molecular weight is 390 g/mol. The third kappa shape index (κ3) is 7.85. The van der Waals surface area contributed by atoms with Gasteiger partial charge in [-0.3, -0.25) is 4.79 Å². The molecule has 144 valence electrons. The standard InChI is InChI=1S/C19H31N3O.2ClH/c1-21(19(23)13-7-2-3-8-14-20)18-12-9-15-22(16-18)17-10-5-4-6-11-17;;/h4-6,10-11,18H,2-3,7-9,12-16,20H2,1H3;2*1H. The number of nitrogens with zero attached hydrogens (tertiary/aromatic N) is 2. The fourth-order valence-electron chi connectivity index (χ4n) is 3.30. The monoisotopic (exact) mass is 389 g/mol. The molecule has 1 aliphatic rings. The Labute approximate surface area is 164 Å². The number of halogens is 2. The van der Waals surface area contributed by atoms with E-state index < -0.39 is 0 Å². The largest absolute Gasteiger partial charge is 0.369 e. The summed E-state index contributed by atoms with van der Waals surface area (Å²) in [5.74, 6) is 0.290. The Bertz CT molecular complexity index is 473. The van der Waals surface area contributed by atoms with E-state index in [1.54, 1.807) is 0 Å². The molecule has 4 nitrogen and oxygen atoms in total. The van der Waals surface area contributed by atoms with Crippen LogP contribution in [0.4, 0.5) is 5.69 Å². The molecule has 1 aliphatic heterocycles. The Morgan fingerprint density at radius 2 is 1.84 bits per heavy atom. The lowest BCUT2D eigenvalue weighted by atomic mass is 10.0. The van der Waals surface area contributed by atoms with Gasteiger partial charge in [0, 0.05) is 38.3 Å². The summed E-state index contributed by atoms with van der Waals surface area (Å²) in [6.45, 7) is 2.78. The number of amides is 1. The molecule has 0 saturated carbocycles. The lowest BCUT2D eigenvalue weighted by molar-refractivity contribution is -0.132. The minimum atomic E-state index is 0. The zero-order valence-corrected chi connectivity index (χ0v) is 16.9. The Balaban J connectivity index is 0.00000288. The molecule has 0 spiro atoms. The molecule has 2 rings (SSSR count). The number of anilines is 1.